The van der Waals surface area contributed by atoms with Crippen LogP contribution in [0.15, 0.2) is 99.3 Å². The molecule has 0 radical (unpaired) electrons. The number of nitrogens with zero attached hydrogens (tertiary/aromatic N) is 3. The Morgan fingerprint density at radius 3 is 2.52 bits per heavy atom. The van der Waals surface area contributed by atoms with Crippen molar-refractivity contribution in [2.24, 2.45) is 0 Å². The first-order chi connectivity index (χ1) is 24.0. The number of nitrogens with one attached hydrogen (secondary N) is 2. The summed E-state index contributed by atoms with van der Waals surface area (Å²) in [6, 6.07) is 13.8. The Morgan fingerprint density at radius 2 is 1.82 bits per heavy atom. The molecule has 16 heteroatoms. The fraction of sp³-hybridized carbons (Fsp3) is 0.235. The van der Waals surface area contributed by atoms with Crippen molar-refractivity contribution in [2.75, 3.05) is 23.4 Å². The van der Waals surface area contributed by atoms with Gasteiger partial charge in [0.1, 0.15) is 17.1 Å². The van der Waals surface area contributed by atoms with Crippen LogP contribution in [0.5, 0.6) is 5.75 Å². The van der Waals surface area contributed by atoms with Gasteiger partial charge in [0.2, 0.25) is 18.4 Å². The lowest BCUT2D eigenvalue weighted by Crippen LogP contribution is -2.70. The number of likely N-dealkylation sites (tertiary alicyclic amines) is 1. The third-order valence-corrected chi connectivity index (χ3v) is 11.0. The maximum absolute atomic E-state index is 13.6. The lowest BCUT2D eigenvalue weighted by Gasteiger charge is -2.49. The van der Waals surface area contributed by atoms with Gasteiger partial charge in [-0.15, -0.1) is 23.5 Å². The summed E-state index contributed by atoms with van der Waals surface area (Å²) in [7, 11) is 0. The van der Waals surface area contributed by atoms with Crippen LogP contribution in [0.4, 0.5) is 10.1 Å². The number of aromatic nitrogens is 1. The number of aliphatic carboxylic acids is 1. The lowest BCUT2D eigenvalue weighted by molar-refractivity contribution is -0.684. The zero-order chi connectivity index (χ0) is 35.5. The second-order valence-electron chi connectivity index (χ2n) is 11.6. The zero-order valence-electron chi connectivity index (χ0n) is 26.2. The van der Waals surface area contributed by atoms with E-state index in [9.17, 15) is 38.6 Å². The Morgan fingerprint density at radius 1 is 1.08 bits per heavy atom. The van der Waals surface area contributed by atoms with Crippen LogP contribution in [0.3, 0.4) is 0 Å². The molecule has 50 heavy (non-hydrogen) atoms. The third kappa shape index (κ3) is 7.87. The average Bonchev–Trinajstić information content (AvgIpc) is 3.43. The molecule has 0 aliphatic carbocycles. The van der Waals surface area contributed by atoms with Gasteiger partial charge < -0.3 is 25.7 Å². The number of fused-ring (bicyclic) bond motifs is 1. The van der Waals surface area contributed by atoms with Gasteiger partial charge in [0.05, 0.1) is 5.75 Å². The molecule has 2 atom stereocenters. The van der Waals surface area contributed by atoms with Gasteiger partial charge >= 0.3 is 5.97 Å². The van der Waals surface area contributed by atoms with Crippen LogP contribution < -0.4 is 15.2 Å². The minimum absolute atomic E-state index is 0.0450. The van der Waals surface area contributed by atoms with Crippen LogP contribution in [-0.2, 0) is 37.1 Å². The predicted molar refractivity (Wildman–Crippen MR) is 186 cm³/mol. The van der Waals surface area contributed by atoms with E-state index in [0.717, 1.165) is 27.1 Å². The Kier molecular flexibility index (Phi) is 10.6. The maximum atomic E-state index is 13.6. The third-order valence-electron chi connectivity index (χ3n) is 8.15. The van der Waals surface area contributed by atoms with Crippen LogP contribution >= 0.6 is 39.5 Å². The molecule has 258 valence electrons. The van der Waals surface area contributed by atoms with Crippen molar-refractivity contribution >= 4 is 74.7 Å². The van der Waals surface area contributed by atoms with Gasteiger partial charge in [0.15, 0.2) is 24.0 Å². The van der Waals surface area contributed by atoms with E-state index in [4.69, 9.17) is 0 Å². The number of phenols is 1. The number of carbonyl (C=O) groups is 5. The van der Waals surface area contributed by atoms with Crippen LogP contribution in [0, 0.1) is 5.82 Å². The van der Waals surface area contributed by atoms with E-state index in [1.54, 1.807) is 40.1 Å². The molecule has 2 fully saturated rings. The number of anilines is 1. The number of pyridine rings is 1. The Bertz CT molecular complexity index is 1940. The van der Waals surface area contributed by atoms with Gasteiger partial charge in [0.25, 0.3) is 11.8 Å². The number of β-lactam (4-membered cyclic amide) rings is 1. The molecule has 0 saturated carbocycles. The quantitative estimate of drug-likeness (QED) is 0.0752. The zero-order valence-corrected chi connectivity index (χ0v) is 29.4. The normalized spacial score (nSPS) is 19.4. The number of benzene rings is 2. The number of carboxylic acids is 1. The highest BCUT2D eigenvalue weighted by atomic mass is 79.9. The van der Waals surface area contributed by atoms with E-state index in [-0.39, 0.29) is 41.2 Å². The molecule has 6 rings (SSSR count). The lowest BCUT2D eigenvalue weighted by atomic mass is 10.0. The van der Waals surface area contributed by atoms with Crippen molar-refractivity contribution in [3.05, 3.63) is 106 Å². The maximum Gasteiger partial charge on any atom is 0.352 e. The molecule has 0 spiro atoms. The molecule has 3 aliphatic heterocycles. The van der Waals surface area contributed by atoms with Gasteiger partial charge in [-0.2, -0.15) is 4.57 Å². The number of halogens is 2. The number of hydrogen-bond acceptors (Lipinski definition) is 8. The van der Waals surface area contributed by atoms with Gasteiger partial charge in [0, 0.05) is 57.7 Å². The number of amides is 4. The number of hydrogen-bond donors (Lipinski definition) is 4. The number of thioether (sulfide) groups is 2. The molecule has 0 unspecified atom stereocenters. The number of carbonyl (C=O) groups excluding carboxylic acids is 4. The fourth-order valence-electron chi connectivity index (χ4n) is 5.68. The topological polar surface area (TPSA) is 160 Å². The van der Waals surface area contributed by atoms with Crippen molar-refractivity contribution in [3.63, 3.8) is 0 Å². The number of allylic oxidation sites excluding steroid dienone is 1. The summed E-state index contributed by atoms with van der Waals surface area (Å²) in [5.41, 5.74) is 1.65. The molecule has 2 aromatic carbocycles. The Labute approximate surface area is 302 Å². The second kappa shape index (κ2) is 15.1. The van der Waals surface area contributed by atoms with Crippen LogP contribution in [0.2, 0.25) is 0 Å². The first kappa shape index (κ1) is 35.2. The highest BCUT2D eigenvalue weighted by Gasteiger charge is 2.54. The molecule has 1 aromatic heterocycles. The molecular weight excluding hydrogens is 753 g/mol. The van der Waals surface area contributed by atoms with E-state index in [1.165, 1.54) is 34.5 Å². The molecule has 3 aliphatic rings. The highest BCUT2D eigenvalue weighted by Crippen LogP contribution is 2.41. The molecule has 0 bridgehead atoms. The van der Waals surface area contributed by atoms with Crippen molar-refractivity contribution < 1.29 is 43.1 Å². The number of carboxylic acid groups (broad SMARTS) is 1. The summed E-state index contributed by atoms with van der Waals surface area (Å²) in [5, 5.41) is 24.1. The predicted octanol–water partition coefficient (Wildman–Crippen LogP) is 3.41. The summed E-state index contributed by atoms with van der Waals surface area (Å²) in [6.45, 7) is 0.673. The number of phenolic OH excluding ortho intramolecular Hbond substituents is 1. The van der Waals surface area contributed by atoms with Crippen molar-refractivity contribution in [1.29, 1.82) is 0 Å². The average molecular weight is 784 g/mol. The van der Waals surface area contributed by atoms with Crippen molar-refractivity contribution in [1.82, 2.24) is 15.1 Å². The molecule has 4 heterocycles. The molecule has 4 amide bonds. The van der Waals surface area contributed by atoms with Crippen LogP contribution in [-0.4, -0.2) is 79.1 Å². The minimum atomic E-state index is -1.28. The fourth-order valence-corrected chi connectivity index (χ4v) is 7.96. The molecule has 12 nitrogen and oxygen atoms in total. The summed E-state index contributed by atoms with van der Waals surface area (Å²) in [6.07, 6.45) is 5.34. The molecular formula is C34H30BrFN5O7S2+. The summed E-state index contributed by atoms with van der Waals surface area (Å²) >= 11 is 6.04. The summed E-state index contributed by atoms with van der Waals surface area (Å²) < 4.78 is 16.1. The van der Waals surface area contributed by atoms with Gasteiger partial charge in [-0.3, -0.25) is 24.1 Å². The smallest absolute Gasteiger partial charge is 0.352 e. The standard InChI is InChI=1S/C34H29BrFN5O7S2/c35-22-1-4-24(5-2-22)49-18-28(44)38-29-32(46)41-30(34(47)48)21(17-50-33(29)41)13-20-9-12-40(31(20)45)15-19-7-10-39(11-8-19)16-27(43)37-23-3-6-26(42)25(36)14-23/h1-8,10-11,13-14,29,33H,9,12,15-18H2,(H3-,37,38,42,43,44,47,48)/p+1/b20-13+/t29-,33-/m1/s1. The van der Waals surface area contributed by atoms with Crippen molar-refractivity contribution in [3.8, 4) is 5.75 Å². The SMILES string of the molecule is O=C(C[n+]1ccc(CN2CC/C(=C\C3=C(C(=O)O)N4C(=O)[C@@H](NC(=O)CSc5ccc(Br)cc5)[C@H]4SC3)C2=O)cc1)Nc1ccc(O)c(F)c1. The molecule has 2 saturated heterocycles. The molecule has 3 aromatic rings. The van der Waals surface area contributed by atoms with Gasteiger partial charge in [-0.05, 0) is 60.0 Å². The first-order valence-electron chi connectivity index (χ1n) is 15.3. The Hall–Kier alpha value is -4.67. The first-order valence-corrected chi connectivity index (χ1v) is 18.1. The highest BCUT2D eigenvalue weighted by molar-refractivity contribution is 9.10. The number of aromatic hydroxyl groups is 1. The van der Waals surface area contributed by atoms with E-state index in [1.807, 2.05) is 24.3 Å². The largest absolute Gasteiger partial charge is 0.505 e. The number of rotatable bonds is 11. The summed E-state index contributed by atoms with van der Waals surface area (Å²) in [5.74, 6) is -3.76. The molecule has 4 N–H and O–H groups in total. The van der Waals surface area contributed by atoms with Gasteiger partial charge in [-0.1, -0.05) is 15.9 Å². The second-order valence-corrected chi connectivity index (χ2v) is 14.7. The van der Waals surface area contributed by atoms with E-state index in [0.29, 0.717) is 30.7 Å². The van der Waals surface area contributed by atoms with Gasteiger partial charge in [-0.25, -0.2) is 9.18 Å². The van der Waals surface area contributed by atoms with E-state index < -0.39 is 40.8 Å². The van der Waals surface area contributed by atoms with Crippen LogP contribution in [0.1, 0.15) is 12.0 Å². The van der Waals surface area contributed by atoms with Crippen LogP contribution in [0.25, 0.3) is 0 Å². The summed E-state index contributed by atoms with van der Waals surface area (Å²) in [4.78, 5) is 67.5. The van der Waals surface area contributed by atoms with E-state index >= 15 is 0 Å². The van der Waals surface area contributed by atoms with E-state index in [2.05, 4.69) is 26.6 Å². The Balaban J connectivity index is 1.04. The monoisotopic (exact) mass is 782 g/mol. The minimum Gasteiger partial charge on any atom is -0.505 e. The van der Waals surface area contributed by atoms with Crippen molar-refractivity contribution in [2.45, 2.75) is 35.8 Å².